The van der Waals surface area contributed by atoms with Crippen LogP contribution in [0.5, 0.6) is 0 Å². The molecule has 0 saturated carbocycles. The Morgan fingerprint density at radius 2 is 1.62 bits per heavy atom. The van der Waals surface area contributed by atoms with E-state index < -0.39 is 11.1 Å². The van der Waals surface area contributed by atoms with Gasteiger partial charge in [-0.2, -0.15) is 0 Å². The second-order valence-corrected chi connectivity index (χ2v) is 5.71. The quantitative estimate of drug-likeness (QED) is 0.770. The van der Waals surface area contributed by atoms with E-state index in [0.717, 1.165) is 5.56 Å². The monoisotopic (exact) mass is 243 g/mol. The molecule has 0 saturated heterocycles. The molecule has 0 bridgehead atoms. The summed E-state index contributed by atoms with van der Waals surface area (Å²) in [6.45, 7) is 8.16. The molecule has 1 N–H and O–H groups in total. The molecule has 0 spiro atoms. The lowest BCUT2D eigenvalue weighted by Gasteiger charge is -2.11. The Hall–Kier alpha value is -0.710. The number of aliphatic hydroxyl groups is 1. The van der Waals surface area contributed by atoms with Crippen LogP contribution in [0.3, 0.4) is 0 Å². The van der Waals surface area contributed by atoms with Gasteiger partial charge in [0, 0.05) is 11.5 Å². The molecule has 1 unspecified atom stereocenters. The topological polar surface area (TPSA) is 60.4 Å². The summed E-state index contributed by atoms with van der Waals surface area (Å²) < 4.78 is 20.6. The third kappa shape index (κ3) is 7.56. The van der Waals surface area contributed by atoms with Crippen LogP contribution in [-0.4, -0.2) is 20.5 Å². The average molecular weight is 243 g/mol. The zero-order valence-electron chi connectivity index (χ0n) is 10.2. The number of aliphatic hydroxyl groups excluding tert-OH is 1. The predicted molar refractivity (Wildman–Crippen MR) is 64.9 cm³/mol. The van der Waals surface area contributed by atoms with Gasteiger partial charge in [-0.1, -0.05) is 38.5 Å². The van der Waals surface area contributed by atoms with Crippen molar-refractivity contribution in [2.24, 2.45) is 5.41 Å². The lowest BCUT2D eigenvalue weighted by molar-refractivity contribution is 0.177. The minimum Gasteiger partial charge on any atom is -0.768 e. The molecule has 0 aromatic heterocycles. The van der Waals surface area contributed by atoms with E-state index >= 15 is 0 Å². The SMILES string of the molecule is CC(C)(C)CO.Cc1ccc(S(=O)[O-])cc1. The maximum atomic E-state index is 10.3. The number of hydrogen-bond acceptors (Lipinski definition) is 3. The van der Waals surface area contributed by atoms with E-state index in [1.807, 2.05) is 27.7 Å². The van der Waals surface area contributed by atoms with Gasteiger partial charge in [0.05, 0.1) is 0 Å². The molecule has 0 aliphatic heterocycles. The van der Waals surface area contributed by atoms with Crippen LogP contribution in [0.2, 0.25) is 0 Å². The summed E-state index contributed by atoms with van der Waals surface area (Å²) in [7, 11) is 0. The summed E-state index contributed by atoms with van der Waals surface area (Å²) in [6, 6.07) is 6.70. The van der Waals surface area contributed by atoms with Crippen molar-refractivity contribution >= 4 is 11.1 Å². The van der Waals surface area contributed by atoms with E-state index in [4.69, 9.17) is 5.11 Å². The van der Waals surface area contributed by atoms with Crippen LogP contribution in [-0.2, 0) is 11.1 Å². The average Bonchev–Trinajstić information content (AvgIpc) is 2.18. The van der Waals surface area contributed by atoms with Crippen molar-refractivity contribution in [3.05, 3.63) is 29.8 Å². The summed E-state index contributed by atoms with van der Waals surface area (Å²) in [4.78, 5) is 0.339. The minimum atomic E-state index is -2.09. The fourth-order valence-electron chi connectivity index (χ4n) is 0.649. The zero-order valence-corrected chi connectivity index (χ0v) is 11.0. The first-order chi connectivity index (χ1) is 7.26. The second kappa shape index (κ2) is 6.78. The molecule has 0 aliphatic rings. The molecular formula is C12H19O3S-. The molecule has 0 heterocycles. The summed E-state index contributed by atoms with van der Waals surface area (Å²) >= 11 is -2.09. The normalized spacial score (nSPS) is 12.6. The van der Waals surface area contributed by atoms with Gasteiger partial charge < -0.3 is 9.66 Å². The molecular weight excluding hydrogens is 224 g/mol. The zero-order chi connectivity index (χ0) is 12.8. The molecule has 1 aromatic rings. The Morgan fingerprint density at radius 3 is 1.88 bits per heavy atom. The van der Waals surface area contributed by atoms with Gasteiger partial charge >= 0.3 is 0 Å². The van der Waals surface area contributed by atoms with E-state index in [2.05, 4.69) is 0 Å². The fraction of sp³-hybridized carbons (Fsp3) is 0.500. The first-order valence-electron chi connectivity index (χ1n) is 5.03. The third-order valence-corrected chi connectivity index (χ3v) is 2.34. The largest absolute Gasteiger partial charge is 0.768 e. The smallest absolute Gasteiger partial charge is 0.0479 e. The first kappa shape index (κ1) is 15.3. The maximum absolute atomic E-state index is 10.3. The van der Waals surface area contributed by atoms with Crippen molar-refractivity contribution in [1.29, 1.82) is 0 Å². The Kier molecular flexibility index (Phi) is 6.48. The molecule has 1 rings (SSSR count). The minimum absolute atomic E-state index is 0.0972. The molecule has 0 fully saturated rings. The summed E-state index contributed by atoms with van der Waals surface area (Å²) in [6.07, 6.45) is 0. The van der Waals surface area contributed by atoms with Crippen LogP contribution < -0.4 is 0 Å². The van der Waals surface area contributed by atoms with Crippen molar-refractivity contribution in [2.75, 3.05) is 6.61 Å². The third-order valence-electron chi connectivity index (χ3n) is 1.69. The molecule has 1 aromatic carbocycles. The molecule has 3 nitrogen and oxygen atoms in total. The van der Waals surface area contributed by atoms with Gasteiger partial charge in [0.1, 0.15) is 0 Å². The van der Waals surface area contributed by atoms with Crippen LogP contribution in [0, 0.1) is 12.3 Å². The van der Waals surface area contributed by atoms with Crippen molar-refractivity contribution in [1.82, 2.24) is 0 Å². The Morgan fingerprint density at radius 1 is 1.25 bits per heavy atom. The first-order valence-corrected chi connectivity index (χ1v) is 6.10. The predicted octanol–water partition coefficient (Wildman–Crippen LogP) is 2.26. The van der Waals surface area contributed by atoms with Gasteiger partial charge in [0.2, 0.25) is 0 Å². The highest BCUT2D eigenvalue weighted by Gasteiger charge is 2.05. The Balaban J connectivity index is 0.000000325. The molecule has 16 heavy (non-hydrogen) atoms. The van der Waals surface area contributed by atoms with Crippen LogP contribution in [0.15, 0.2) is 29.2 Å². The van der Waals surface area contributed by atoms with Crippen LogP contribution in [0.4, 0.5) is 0 Å². The maximum Gasteiger partial charge on any atom is 0.0479 e. The number of benzene rings is 1. The number of hydrogen-bond donors (Lipinski definition) is 1. The van der Waals surface area contributed by atoms with Crippen molar-refractivity contribution in [2.45, 2.75) is 32.6 Å². The van der Waals surface area contributed by atoms with E-state index in [1.165, 1.54) is 0 Å². The summed E-state index contributed by atoms with van der Waals surface area (Å²) in [5, 5.41) is 8.40. The number of rotatable bonds is 1. The van der Waals surface area contributed by atoms with E-state index in [1.54, 1.807) is 24.3 Å². The lowest BCUT2D eigenvalue weighted by atomic mass is 9.99. The van der Waals surface area contributed by atoms with Crippen LogP contribution in [0.25, 0.3) is 0 Å². The molecule has 0 amide bonds. The molecule has 1 atom stereocenters. The van der Waals surface area contributed by atoms with Crippen LogP contribution >= 0.6 is 0 Å². The lowest BCUT2D eigenvalue weighted by Crippen LogP contribution is -2.09. The summed E-state index contributed by atoms with van der Waals surface area (Å²) in [5.41, 5.74) is 1.16. The molecule has 4 heteroatoms. The van der Waals surface area contributed by atoms with Crippen molar-refractivity contribution < 1.29 is 13.9 Å². The van der Waals surface area contributed by atoms with E-state index in [0.29, 0.717) is 4.90 Å². The van der Waals surface area contributed by atoms with E-state index in [9.17, 15) is 8.76 Å². The number of aryl methyl sites for hydroxylation is 1. The van der Waals surface area contributed by atoms with Gasteiger partial charge in [0.15, 0.2) is 0 Å². The molecule has 92 valence electrons. The van der Waals surface area contributed by atoms with Gasteiger partial charge in [-0.25, -0.2) is 0 Å². The van der Waals surface area contributed by atoms with Crippen molar-refractivity contribution in [3.8, 4) is 0 Å². The van der Waals surface area contributed by atoms with Crippen LogP contribution in [0.1, 0.15) is 26.3 Å². The highest BCUT2D eigenvalue weighted by atomic mass is 32.2. The second-order valence-electron chi connectivity index (χ2n) is 4.77. The standard InChI is InChI=1S/C7H8O2S.C5H12O/c1-6-2-4-7(5-3-6)10(8)9;1-5(2,3)4-6/h2-5H,1H3,(H,8,9);6H,4H2,1-3H3/p-1. The summed E-state index contributed by atoms with van der Waals surface area (Å²) in [5.74, 6) is 0. The van der Waals surface area contributed by atoms with Gasteiger partial charge in [-0.05, 0) is 35.6 Å². The van der Waals surface area contributed by atoms with Gasteiger partial charge in [0.25, 0.3) is 0 Å². The fourth-order valence-corrected chi connectivity index (χ4v) is 1.01. The molecule has 0 radical (unpaired) electrons. The highest BCUT2D eigenvalue weighted by Crippen LogP contribution is 2.09. The Bertz CT molecular complexity index is 325. The van der Waals surface area contributed by atoms with Gasteiger partial charge in [-0.3, -0.25) is 4.21 Å². The Labute approximate surface area is 99.8 Å². The highest BCUT2D eigenvalue weighted by molar-refractivity contribution is 7.79. The molecule has 0 aliphatic carbocycles. The van der Waals surface area contributed by atoms with E-state index in [-0.39, 0.29) is 12.0 Å². The van der Waals surface area contributed by atoms with Crippen molar-refractivity contribution in [3.63, 3.8) is 0 Å². The van der Waals surface area contributed by atoms with Gasteiger partial charge in [-0.15, -0.1) is 0 Å².